The molecule has 3 nitrogen and oxygen atoms in total. The first-order valence-electron chi connectivity index (χ1n) is 4.37. The van der Waals surface area contributed by atoms with E-state index in [9.17, 15) is 0 Å². The molecule has 14 heavy (non-hydrogen) atoms. The molecule has 0 spiro atoms. The second-order valence-electron chi connectivity index (χ2n) is 3.43. The molecule has 1 aromatic rings. The Balaban J connectivity index is 2.74. The van der Waals surface area contributed by atoms with E-state index in [4.69, 9.17) is 16.9 Å². The number of thiazole rings is 1. The standard InChI is InChI=1S/C9H12ClN3S/c1-5(2)6(3)12-9-13-8(10)7(4-11)14-9/h5-6H,1-3H3,(H,12,13). The summed E-state index contributed by atoms with van der Waals surface area (Å²) in [6.07, 6.45) is 0. The van der Waals surface area contributed by atoms with Gasteiger partial charge in [-0.3, -0.25) is 0 Å². The maximum absolute atomic E-state index is 8.68. The van der Waals surface area contributed by atoms with Gasteiger partial charge in [-0.05, 0) is 12.8 Å². The minimum absolute atomic E-state index is 0.288. The van der Waals surface area contributed by atoms with Crippen LogP contribution in [0.3, 0.4) is 0 Å². The number of nitriles is 1. The van der Waals surface area contributed by atoms with Crippen molar-refractivity contribution >= 4 is 28.1 Å². The van der Waals surface area contributed by atoms with Crippen LogP contribution in [0.2, 0.25) is 5.15 Å². The zero-order valence-electron chi connectivity index (χ0n) is 8.34. The van der Waals surface area contributed by atoms with Crippen LogP contribution in [-0.2, 0) is 0 Å². The first-order chi connectivity index (χ1) is 6.54. The maximum Gasteiger partial charge on any atom is 0.185 e. The monoisotopic (exact) mass is 229 g/mol. The van der Waals surface area contributed by atoms with Gasteiger partial charge in [0.05, 0.1) is 0 Å². The molecule has 0 radical (unpaired) electrons. The Hall–Kier alpha value is -0.790. The average molecular weight is 230 g/mol. The molecule has 1 N–H and O–H groups in total. The molecule has 0 aliphatic carbocycles. The van der Waals surface area contributed by atoms with Gasteiger partial charge in [-0.1, -0.05) is 36.8 Å². The fourth-order valence-corrected chi connectivity index (χ4v) is 1.84. The summed E-state index contributed by atoms with van der Waals surface area (Å²) in [7, 11) is 0. The summed E-state index contributed by atoms with van der Waals surface area (Å²) >= 11 is 7.03. The highest BCUT2D eigenvalue weighted by atomic mass is 35.5. The summed E-state index contributed by atoms with van der Waals surface area (Å²) in [4.78, 5) is 4.52. The van der Waals surface area contributed by atoms with Gasteiger partial charge in [0.25, 0.3) is 0 Å². The lowest BCUT2D eigenvalue weighted by Crippen LogP contribution is -2.21. The quantitative estimate of drug-likeness (QED) is 0.867. The Bertz CT molecular complexity index is 353. The second kappa shape index (κ2) is 4.63. The van der Waals surface area contributed by atoms with E-state index in [1.54, 1.807) is 0 Å². The molecule has 0 aliphatic rings. The van der Waals surface area contributed by atoms with E-state index in [2.05, 4.69) is 31.1 Å². The predicted octanol–water partition coefficient (Wildman–Crippen LogP) is 3.12. The number of hydrogen-bond acceptors (Lipinski definition) is 4. The summed E-state index contributed by atoms with van der Waals surface area (Å²) in [5.74, 6) is 0.517. The highest BCUT2D eigenvalue weighted by molar-refractivity contribution is 7.16. The number of halogens is 1. The van der Waals surface area contributed by atoms with Crippen LogP contribution in [0, 0.1) is 17.2 Å². The summed E-state index contributed by atoms with van der Waals surface area (Å²) in [5.41, 5.74) is 0. The Morgan fingerprint density at radius 3 is 2.57 bits per heavy atom. The van der Waals surface area contributed by atoms with Crippen LogP contribution in [0.25, 0.3) is 0 Å². The van der Waals surface area contributed by atoms with Gasteiger partial charge in [-0.25, -0.2) is 4.98 Å². The Labute approximate surface area is 92.7 Å². The normalized spacial score (nSPS) is 12.6. The molecule has 5 heteroatoms. The minimum Gasteiger partial charge on any atom is -0.359 e. The minimum atomic E-state index is 0.288. The Kier molecular flexibility index (Phi) is 3.73. The van der Waals surface area contributed by atoms with Crippen molar-refractivity contribution in [1.29, 1.82) is 5.26 Å². The van der Waals surface area contributed by atoms with Crippen LogP contribution in [0.4, 0.5) is 5.13 Å². The number of rotatable bonds is 3. The van der Waals surface area contributed by atoms with Gasteiger partial charge >= 0.3 is 0 Å². The van der Waals surface area contributed by atoms with E-state index in [0.29, 0.717) is 22.0 Å². The molecule has 0 saturated heterocycles. The van der Waals surface area contributed by atoms with Gasteiger partial charge in [0.2, 0.25) is 0 Å². The molecule has 76 valence electrons. The van der Waals surface area contributed by atoms with Gasteiger partial charge in [-0.2, -0.15) is 5.26 Å². The first kappa shape index (κ1) is 11.3. The lowest BCUT2D eigenvalue weighted by atomic mass is 10.1. The van der Waals surface area contributed by atoms with E-state index in [0.717, 1.165) is 0 Å². The van der Waals surface area contributed by atoms with Gasteiger partial charge in [0.1, 0.15) is 10.9 Å². The predicted molar refractivity (Wildman–Crippen MR) is 59.8 cm³/mol. The van der Waals surface area contributed by atoms with E-state index in [-0.39, 0.29) is 5.15 Å². The third-order valence-corrected chi connectivity index (χ3v) is 3.32. The van der Waals surface area contributed by atoms with Crippen molar-refractivity contribution in [2.45, 2.75) is 26.8 Å². The second-order valence-corrected chi connectivity index (χ2v) is 4.78. The first-order valence-corrected chi connectivity index (χ1v) is 5.57. The Morgan fingerprint density at radius 1 is 1.50 bits per heavy atom. The van der Waals surface area contributed by atoms with Gasteiger partial charge < -0.3 is 5.32 Å². The van der Waals surface area contributed by atoms with Crippen molar-refractivity contribution in [3.05, 3.63) is 10.0 Å². The number of aromatic nitrogens is 1. The molecule has 1 unspecified atom stereocenters. The zero-order valence-corrected chi connectivity index (χ0v) is 9.91. The molecule has 1 aromatic heterocycles. The number of anilines is 1. The fourth-order valence-electron chi connectivity index (χ4n) is 0.794. The van der Waals surface area contributed by atoms with Crippen molar-refractivity contribution in [3.63, 3.8) is 0 Å². The van der Waals surface area contributed by atoms with Crippen LogP contribution < -0.4 is 5.32 Å². The SMILES string of the molecule is CC(C)C(C)Nc1nc(Cl)c(C#N)s1. The average Bonchev–Trinajstić information content (AvgIpc) is 2.45. The lowest BCUT2D eigenvalue weighted by Gasteiger charge is -2.15. The number of nitrogens with one attached hydrogen (secondary N) is 1. The molecule has 1 rings (SSSR count). The van der Waals surface area contributed by atoms with Crippen molar-refractivity contribution in [3.8, 4) is 6.07 Å². The van der Waals surface area contributed by atoms with E-state index in [1.165, 1.54) is 11.3 Å². The summed E-state index contributed by atoms with van der Waals surface area (Å²) in [6, 6.07) is 2.33. The lowest BCUT2D eigenvalue weighted by molar-refractivity contribution is 0.559. The van der Waals surface area contributed by atoms with Crippen LogP contribution in [-0.4, -0.2) is 11.0 Å². The summed E-state index contributed by atoms with van der Waals surface area (Å²) in [6.45, 7) is 6.32. The number of hydrogen-bond donors (Lipinski definition) is 1. The van der Waals surface area contributed by atoms with Crippen LogP contribution in [0.1, 0.15) is 25.6 Å². The molecule has 0 aromatic carbocycles. The molecule has 0 bridgehead atoms. The third-order valence-electron chi connectivity index (χ3n) is 2.04. The maximum atomic E-state index is 8.68. The molecule has 0 amide bonds. The van der Waals surface area contributed by atoms with Crippen molar-refractivity contribution in [2.75, 3.05) is 5.32 Å². The van der Waals surface area contributed by atoms with Crippen molar-refractivity contribution in [1.82, 2.24) is 4.98 Å². The molecular formula is C9H12ClN3S. The topological polar surface area (TPSA) is 48.7 Å². The van der Waals surface area contributed by atoms with Crippen LogP contribution in [0.15, 0.2) is 0 Å². The molecule has 1 atom stereocenters. The number of nitrogens with zero attached hydrogens (tertiary/aromatic N) is 2. The third kappa shape index (κ3) is 2.60. The van der Waals surface area contributed by atoms with Crippen molar-refractivity contribution in [2.24, 2.45) is 5.92 Å². The summed E-state index contributed by atoms with van der Waals surface area (Å²) < 4.78 is 0. The Morgan fingerprint density at radius 2 is 2.14 bits per heavy atom. The highest BCUT2D eigenvalue weighted by Gasteiger charge is 2.12. The fraction of sp³-hybridized carbons (Fsp3) is 0.556. The molecule has 0 fully saturated rings. The molecule has 0 saturated carbocycles. The zero-order chi connectivity index (χ0) is 10.7. The van der Waals surface area contributed by atoms with Gasteiger partial charge in [0.15, 0.2) is 10.3 Å². The van der Waals surface area contributed by atoms with E-state index in [1.807, 2.05) is 6.07 Å². The van der Waals surface area contributed by atoms with Gasteiger partial charge in [0, 0.05) is 6.04 Å². The summed E-state index contributed by atoms with van der Waals surface area (Å²) in [5, 5.41) is 12.9. The van der Waals surface area contributed by atoms with Crippen molar-refractivity contribution < 1.29 is 0 Å². The van der Waals surface area contributed by atoms with E-state index >= 15 is 0 Å². The smallest absolute Gasteiger partial charge is 0.185 e. The highest BCUT2D eigenvalue weighted by Crippen LogP contribution is 2.26. The van der Waals surface area contributed by atoms with Gasteiger partial charge in [-0.15, -0.1) is 0 Å². The van der Waals surface area contributed by atoms with E-state index < -0.39 is 0 Å². The molecule has 1 heterocycles. The largest absolute Gasteiger partial charge is 0.359 e. The molecular weight excluding hydrogens is 218 g/mol. The molecule has 0 aliphatic heterocycles. The van der Waals surface area contributed by atoms with Crippen LogP contribution >= 0.6 is 22.9 Å². The van der Waals surface area contributed by atoms with Crippen LogP contribution in [0.5, 0.6) is 0 Å².